The summed E-state index contributed by atoms with van der Waals surface area (Å²) in [6.07, 6.45) is 1.64. The summed E-state index contributed by atoms with van der Waals surface area (Å²) in [4.78, 5) is 21.4. The molecule has 20 heavy (non-hydrogen) atoms. The standard InChI is InChI=1S/C14H21N3O2S/c1-4-10(5-6-18)15-7-11-16-13(19)12-8(2)9(3)20-14(12)17-11/h10,15,18H,4-7H2,1-3H3,(H,16,17,19). The lowest BCUT2D eigenvalue weighted by atomic mass is 10.1. The average Bonchev–Trinajstić information content (AvgIpc) is 2.70. The molecule has 110 valence electrons. The number of aliphatic hydroxyl groups is 1. The van der Waals surface area contributed by atoms with Crippen molar-refractivity contribution in [1.82, 2.24) is 15.3 Å². The molecule has 0 fully saturated rings. The van der Waals surface area contributed by atoms with Gasteiger partial charge in [-0.2, -0.15) is 0 Å². The number of aryl methyl sites for hydroxylation is 2. The fourth-order valence-electron chi connectivity index (χ4n) is 2.23. The number of aromatic amines is 1. The van der Waals surface area contributed by atoms with Gasteiger partial charge in [0.1, 0.15) is 10.7 Å². The third-order valence-corrected chi connectivity index (χ3v) is 4.72. The Hall–Kier alpha value is -1.24. The Kier molecular flexibility index (Phi) is 4.91. The summed E-state index contributed by atoms with van der Waals surface area (Å²) < 4.78 is 0. The maximum atomic E-state index is 12.1. The predicted molar refractivity (Wildman–Crippen MR) is 82.3 cm³/mol. The third kappa shape index (κ3) is 3.08. The average molecular weight is 295 g/mol. The van der Waals surface area contributed by atoms with E-state index in [4.69, 9.17) is 5.11 Å². The summed E-state index contributed by atoms with van der Waals surface area (Å²) in [5.41, 5.74) is 0.953. The Bertz CT molecular complexity index is 648. The summed E-state index contributed by atoms with van der Waals surface area (Å²) >= 11 is 1.56. The minimum atomic E-state index is -0.0659. The molecular formula is C14H21N3O2S. The molecule has 0 aliphatic rings. The van der Waals surface area contributed by atoms with E-state index in [2.05, 4.69) is 22.2 Å². The number of aliphatic hydroxyl groups excluding tert-OH is 1. The highest BCUT2D eigenvalue weighted by atomic mass is 32.1. The zero-order valence-electron chi connectivity index (χ0n) is 12.1. The number of hydrogen-bond donors (Lipinski definition) is 3. The second-order valence-corrected chi connectivity index (χ2v) is 6.18. The molecular weight excluding hydrogens is 274 g/mol. The van der Waals surface area contributed by atoms with Gasteiger partial charge in [-0.3, -0.25) is 4.79 Å². The molecule has 0 aliphatic heterocycles. The highest BCUT2D eigenvalue weighted by Crippen LogP contribution is 2.25. The van der Waals surface area contributed by atoms with Crippen LogP contribution in [0.5, 0.6) is 0 Å². The smallest absolute Gasteiger partial charge is 0.259 e. The van der Waals surface area contributed by atoms with Crippen molar-refractivity contribution in [2.45, 2.75) is 46.2 Å². The lowest BCUT2D eigenvalue weighted by Gasteiger charge is -2.14. The van der Waals surface area contributed by atoms with E-state index in [0.717, 1.165) is 21.7 Å². The van der Waals surface area contributed by atoms with Crippen molar-refractivity contribution in [1.29, 1.82) is 0 Å². The van der Waals surface area contributed by atoms with Crippen LogP contribution in [0, 0.1) is 13.8 Å². The van der Waals surface area contributed by atoms with Gasteiger partial charge in [0.15, 0.2) is 0 Å². The summed E-state index contributed by atoms with van der Waals surface area (Å²) in [5, 5.41) is 13.0. The Balaban J connectivity index is 2.22. The molecule has 0 saturated carbocycles. The van der Waals surface area contributed by atoms with Gasteiger partial charge in [-0.05, 0) is 32.3 Å². The molecule has 0 spiro atoms. The largest absolute Gasteiger partial charge is 0.396 e. The molecule has 0 aromatic carbocycles. The second kappa shape index (κ2) is 6.47. The minimum Gasteiger partial charge on any atom is -0.396 e. The quantitative estimate of drug-likeness (QED) is 0.760. The highest BCUT2D eigenvalue weighted by Gasteiger charge is 2.12. The first-order valence-corrected chi connectivity index (χ1v) is 7.71. The van der Waals surface area contributed by atoms with E-state index < -0.39 is 0 Å². The molecule has 1 unspecified atom stereocenters. The number of nitrogens with one attached hydrogen (secondary N) is 2. The monoisotopic (exact) mass is 295 g/mol. The van der Waals surface area contributed by atoms with E-state index in [1.54, 1.807) is 11.3 Å². The van der Waals surface area contributed by atoms with Gasteiger partial charge in [0, 0.05) is 17.5 Å². The van der Waals surface area contributed by atoms with Gasteiger partial charge in [0.05, 0.1) is 11.9 Å². The number of hydrogen-bond acceptors (Lipinski definition) is 5. The Morgan fingerprint density at radius 2 is 2.20 bits per heavy atom. The second-order valence-electron chi connectivity index (χ2n) is 4.97. The SMILES string of the molecule is CCC(CCO)NCc1nc2sc(C)c(C)c2c(=O)[nH]1. The Morgan fingerprint density at radius 3 is 2.85 bits per heavy atom. The molecule has 3 N–H and O–H groups in total. The molecule has 0 saturated heterocycles. The zero-order valence-corrected chi connectivity index (χ0v) is 12.9. The fraction of sp³-hybridized carbons (Fsp3) is 0.571. The van der Waals surface area contributed by atoms with Crippen LogP contribution in [0.25, 0.3) is 10.2 Å². The maximum Gasteiger partial charge on any atom is 0.259 e. The number of rotatable bonds is 6. The molecule has 0 radical (unpaired) electrons. The molecule has 5 nitrogen and oxygen atoms in total. The van der Waals surface area contributed by atoms with Crippen molar-refractivity contribution < 1.29 is 5.11 Å². The first-order valence-electron chi connectivity index (χ1n) is 6.90. The molecule has 2 aromatic heterocycles. The van der Waals surface area contributed by atoms with Gasteiger partial charge in [-0.15, -0.1) is 11.3 Å². The molecule has 2 heterocycles. The molecule has 0 aliphatic carbocycles. The number of H-pyrrole nitrogens is 1. The van der Waals surface area contributed by atoms with E-state index in [0.29, 0.717) is 24.2 Å². The molecule has 2 aromatic rings. The van der Waals surface area contributed by atoms with Crippen molar-refractivity contribution in [2.24, 2.45) is 0 Å². The summed E-state index contributed by atoms with van der Waals surface area (Å²) in [5.74, 6) is 0.653. The Labute approximate surface area is 122 Å². The number of fused-ring (bicyclic) bond motifs is 1. The molecule has 2 rings (SSSR count). The van der Waals surface area contributed by atoms with Crippen LogP contribution >= 0.6 is 11.3 Å². The summed E-state index contributed by atoms with van der Waals surface area (Å²) in [7, 11) is 0. The lowest BCUT2D eigenvalue weighted by molar-refractivity contribution is 0.261. The van der Waals surface area contributed by atoms with E-state index in [1.165, 1.54) is 0 Å². The first kappa shape index (κ1) is 15.2. The zero-order chi connectivity index (χ0) is 14.7. The van der Waals surface area contributed by atoms with E-state index in [9.17, 15) is 4.79 Å². The van der Waals surface area contributed by atoms with Crippen molar-refractivity contribution in [2.75, 3.05) is 6.61 Å². The van der Waals surface area contributed by atoms with Crippen molar-refractivity contribution in [3.8, 4) is 0 Å². The van der Waals surface area contributed by atoms with E-state index >= 15 is 0 Å². The third-order valence-electron chi connectivity index (χ3n) is 3.62. The number of aromatic nitrogens is 2. The summed E-state index contributed by atoms with van der Waals surface area (Å²) in [6.45, 7) is 6.71. The van der Waals surface area contributed by atoms with Crippen LogP contribution in [0.4, 0.5) is 0 Å². The van der Waals surface area contributed by atoms with E-state index in [-0.39, 0.29) is 18.2 Å². The van der Waals surface area contributed by atoms with Gasteiger partial charge in [-0.1, -0.05) is 6.92 Å². The van der Waals surface area contributed by atoms with Gasteiger partial charge in [0.25, 0.3) is 5.56 Å². The first-order chi connectivity index (χ1) is 9.56. The topological polar surface area (TPSA) is 78.0 Å². The van der Waals surface area contributed by atoms with Crippen molar-refractivity contribution >= 4 is 21.6 Å². The number of nitrogens with zero attached hydrogens (tertiary/aromatic N) is 1. The fourth-order valence-corrected chi connectivity index (χ4v) is 3.28. The normalized spacial score (nSPS) is 13.0. The predicted octanol–water partition coefficient (Wildman–Crippen LogP) is 1.85. The van der Waals surface area contributed by atoms with Crippen LogP contribution in [0.2, 0.25) is 0 Å². The van der Waals surface area contributed by atoms with Crippen molar-refractivity contribution in [3.63, 3.8) is 0 Å². The number of thiophene rings is 1. The van der Waals surface area contributed by atoms with Gasteiger partial charge in [-0.25, -0.2) is 4.98 Å². The van der Waals surface area contributed by atoms with Crippen molar-refractivity contribution in [3.05, 3.63) is 26.6 Å². The minimum absolute atomic E-state index is 0.0659. The molecule has 1 atom stereocenters. The lowest BCUT2D eigenvalue weighted by Crippen LogP contribution is -2.30. The van der Waals surface area contributed by atoms with E-state index in [1.807, 2.05) is 13.8 Å². The molecule has 0 amide bonds. The summed E-state index contributed by atoms with van der Waals surface area (Å²) in [6, 6.07) is 0.243. The van der Waals surface area contributed by atoms with Gasteiger partial charge < -0.3 is 15.4 Å². The van der Waals surface area contributed by atoms with Gasteiger partial charge >= 0.3 is 0 Å². The van der Waals surface area contributed by atoms with Crippen LogP contribution in [0.3, 0.4) is 0 Å². The van der Waals surface area contributed by atoms with Crippen LogP contribution < -0.4 is 10.9 Å². The van der Waals surface area contributed by atoms with Crippen LogP contribution in [-0.4, -0.2) is 27.7 Å². The highest BCUT2D eigenvalue weighted by molar-refractivity contribution is 7.18. The van der Waals surface area contributed by atoms with Crippen LogP contribution in [-0.2, 0) is 6.54 Å². The Morgan fingerprint density at radius 1 is 1.45 bits per heavy atom. The van der Waals surface area contributed by atoms with Crippen LogP contribution in [0.15, 0.2) is 4.79 Å². The molecule has 6 heteroatoms. The molecule has 0 bridgehead atoms. The van der Waals surface area contributed by atoms with Crippen LogP contribution in [0.1, 0.15) is 36.0 Å². The van der Waals surface area contributed by atoms with Gasteiger partial charge in [0.2, 0.25) is 0 Å². The maximum absolute atomic E-state index is 12.1.